The third kappa shape index (κ3) is 7.77. The number of nitrogens with zero attached hydrogens (tertiary/aromatic N) is 3. The maximum atomic E-state index is 13.8. The Balaban J connectivity index is 1.39. The van der Waals surface area contributed by atoms with E-state index in [1.807, 2.05) is 12.3 Å². The van der Waals surface area contributed by atoms with E-state index in [0.29, 0.717) is 5.56 Å². The number of aliphatic hydroxyl groups excluding tert-OH is 1. The minimum atomic E-state index is -4.51. The number of carbonyl (C=O) groups is 3. The summed E-state index contributed by atoms with van der Waals surface area (Å²) in [6.45, 7) is 3.48. The van der Waals surface area contributed by atoms with Crippen molar-refractivity contribution in [3.63, 3.8) is 0 Å². The molecule has 0 spiro atoms. The molecule has 0 unspecified atom stereocenters. The number of urea groups is 1. The number of amides is 4. The van der Waals surface area contributed by atoms with Crippen molar-refractivity contribution in [1.29, 1.82) is 0 Å². The maximum Gasteiger partial charge on any atom is 0.416 e. The molecule has 4 amide bonds. The smallest absolute Gasteiger partial charge is 0.416 e. The van der Waals surface area contributed by atoms with Gasteiger partial charge in [0, 0.05) is 47.9 Å². The van der Waals surface area contributed by atoms with Crippen LogP contribution in [0, 0.1) is 5.92 Å². The molecule has 10 nitrogen and oxygen atoms in total. The van der Waals surface area contributed by atoms with Gasteiger partial charge < -0.3 is 30.3 Å². The number of rotatable bonds is 8. The predicted octanol–water partition coefficient (Wildman–Crippen LogP) is 6.47. The molecule has 0 radical (unpaired) electrons. The molecule has 2 heterocycles. The average Bonchev–Trinajstić information content (AvgIpc) is 3.61. The lowest BCUT2D eigenvalue weighted by molar-refractivity contribution is -0.137. The van der Waals surface area contributed by atoms with Gasteiger partial charge in [0.2, 0.25) is 0 Å². The Morgan fingerprint density at radius 3 is 2.44 bits per heavy atom. The van der Waals surface area contributed by atoms with E-state index in [4.69, 9.17) is 4.74 Å². The summed E-state index contributed by atoms with van der Waals surface area (Å²) in [5.74, 6) is -1.09. The standard InChI is InChI=1S/C34H34F3N5O5S/c1-20-17-42(21(2)19-43)32(45)26-5-4-6-27(40-30(44)22-7-9-23(10-8-22)31-38-15-16-48-31)29(26)47-28(20)18-41(3)33(46)39-25-13-11-24(12-14-25)34(35,36)37/h4-16,20-21,28,43H,17-19H2,1-3H3,(H,39,46)(H,40,44)/t20-,21+,28+/m1/s1. The number of hydrogen-bond donors (Lipinski definition) is 3. The number of hydrogen-bond acceptors (Lipinski definition) is 7. The number of thiazole rings is 1. The summed E-state index contributed by atoms with van der Waals surface area (Å²) in [6, 6.07) is 14.7. The molecule has 0 saturated carbocycles. The zero-order chi connectivity index (χ0) is 34.6. The third-order valence-electron chi connectivity index (χ3n) is 8.03. The van der Waals surface area contributed by atoms with Crippen LogP contribution in [0.2, 0.25) is 0 Å². The second-order valence-corrected chi connectivity index (χ2v) is 12.5. The summed E-state index contributed by atoms with van der Waals surface area (Å²) in [5, 5.41) is 18.1. The first kappa shape index (κ1) is 34.4. The molecule has 0 fully saturated rings. The van der Waals surface area contributed by atoms with Gasteiger partial charge in [0.25, 0.3) is 11.8 Å². The van der Waals surface area contributed by atoms with E-state index in [2.05, 4.69) is 15.6 Å². The molecule has 4 aromatic rings. The van der Waals surface area contributed by atoms with E-state index in [1.165, 1.54) is 40.3 Å². The summed E-state index contributed by atoms with van der Waals surface area (Å²) in [4.78, 5) is 47.4. The first-order valence-electron chi connectivity index (χ1n) is 15.1. The van der Waals surface area contributed by atoms with Gasteiger partial charge in [-0.2, -0.15) is 13.2 Å². The summed E-state index contributed by atoms with van der Waals surface area (Å²) in [5.41, 5.74) is 0.974. The van der Waals surface area contributed by atoms with Crippen molar-refractivity contribution in [2.45, 2.75) is 32.2 Å². The molecule has 3 N–H and O–H groups in total. The molecule has 252 valence electrons. The SMILES string of the molecule is C[C@@H]1CN([C@@H](C)CO)C(=O)c2cccc(NC(=O)c3ccc(-c4nccs4)cc3)c2O[C@H]1CN(C)C(=O)Nc1ccc(C(F)(F)F)cc1. The predicted molar refractivity (Wildman–Crippen MR) is 176 cm³/mol. The van der Waals surface area contributed by atoms with Crippen LogP contribution in [0.3, 0.4) is 0 Å². The topological polar surface area (TPSA) is 124 Å². The summed E-state index contributed by atoms with van der Waals surface area (Å²) in [6.07, 6.45) is -3.51. The van der Waals surface area contributed by atoms with Gasteiger partial charge in [0.15, 0.2) is 5.75 Å². The van der Waals surface area contributed by atoms with Gasteiger partial charge >= 0.3 is 12.2 Å². The van der Waals surface area contributed by atoms with E-state index in [-0.39, 0.29) is 48.3 Å². The van der Waals surface area contributed by atoms with Crippen molar-refractivity contribution in [2.24, 2.45) is 5.92 Å². The zero-order valence-corrected chi connectivity index (χ0v) is 27.1. The van der Waals surface area contributed by atoms with Crippen molar-refractivity contribution >= 4 is 40.6 Å². The van der Waals surface area contributed by atoms with Crippen LogP contribution in [0.5, 0.6) is 5.75 Å². The number of aliphatic hydroxyl groups is 1. The summed E-state index contributed by atoms with van der Waals surface area (Å²) < 4.78 is 45.4. The number of halogens is 3. The molecule has 48 heavy (non-hydrogen) atoms. The molecule has 1 aliphatic heterocycles. The molecule has 1 aliphatic rings. The first-order valence-corrected chi connectivity index (χ1v) is 16.0. The van der Waals surface area contributed by atoms with Crippen LogP contribution in [0.25, 0.3) is 10.6 Å². The molecule has 0 bridgehead atoms. The van der Waals surface area contributed by atoms with E-state index < -0.39 is 41.7 Å². The molecular formula is C34H34F3N5O5S. The van der Waals surface area contributed by atoms with Crippen LogP contribution in [0.1, 0.15) is 40.1 Å². The number of likely N-dealkylation sites (N-methyl/N-ethyl adjacent to an activating group) is 1. The van der Waals surface area contributed by atoms with Crippen LogP contribution in [-0.4, -0.2) is 76.6 Å². The van der Waals surface area contributed by atoms with Crippen molar-refractivity contribution in [2.75, 3.05) is 37.4 Å². The largest absolute Gasteiger partial charge is 0.485 e. The van der Waals surface area contributed by atoms with Gasteiger partial charge in [-0.1, -0.05) is 25.1 Å². The number of fused-ring (bicyclic) bond motifs is 1. The van der Waals surface area contributed by atoms with E-state index >= 15 is 0 Å². The Labute approximate surface area is 279 Å². The van der Waals surface area contributed by atoms with Gasteiger partial charge in [-0.05, 0) is 55.5 Å². The highest BCUT2D eigenvalue weighted by atomic mass is 32.1. The normalized spacial score (nSPS) is 17.0. The molecular weight excluding hydrogens is 647 g/mol. The fourth-order valence-electron chi connectivity index (χ4n) is 5.20. The molecule has 3 atom stereocenters. The molecule has 5 rings (SSSR count). The first-order chi connectivity index (χ1) is 22.8. The van der Waals surface area contributed by atoms with Crippen molar-refractivity contribution in [3.05, 3.63) is 95.0 Å². The Morgan fingerprint density at radius 2 is 1.81 bits per heavy atom. The van der Waals surface area contributed by atoms with Crippen LogP contribution in [-0.2, 0) is 6.18 Å². The fourth-order valence-corrected chi connectivity index (χ4v) is 5.84. The van der Waals surface area contributed by atoms with Crippen molar-refractivity contribution < 1.29 is 37.4 Å². The Hall–Kier alpha value is -4.95. The maximum absolute atomic E-state index is 13.8. The molecule has 3 aromatic carbocycles. The molecule has 0 aliphatic carbocycles. The highest BCUT2D eigenvalue weighted by Crippen LogP contribution is 2.36. The van der Waals surface area contributed by atoms with Crippen LogP contribution in [0.4, 0.5) is 29.3 Å². The highest BCUT2D eigenvalue weighted by molar-refractivity contribution is 7.13. The quantitative estimate of drug-likeness (QED) is 0.196. The van der Waals surface area contributed by atoms with Crippen LogP contribution >= 0.6 is 11.3 Å². The monoisotopic (exact) mass is 681 g/mol. The Kier molecular flexibility index (Phi) is 10.3. The number of alkyl halides is 3. The average molecular weight is 682 g/mol. The Bertz CT molecular complexity index is 1750. The minimum absolute atomic E-state index is 0.0170. The fraction of sp³-hybridized carbons (Fsp3) is 0.294. The van der Waals surface area contributed by atoms with Crippen LogP contribution in [0.15, 0.2) is 78.3 Å². The number of ether oxygens (including phenoxy) is 1. The highest BCUT2D eigenvalue weighted by Gasteiger charge is 2.35. The second-order valence-electron chi connectivity index (χ2n) is 11.6. The van der Waals surface area contributed by atoms with Gasteiger partial charge in [0.1, 0.15) is 11.1 Å². The lowest BCUT2D eigenvalue weighted by Crippen LogP contribution is -2.50. The van der Waals surface area contributed by atoms with Gasteiger partial charge in [-0.3, -0.25) is 9.59 Å². The van der Waals surface area contributed by atoms with Crippen molar-refractivity contribution in [1.82, 2.24) is 14.8 Å². The molecule has 0 saturated heterocycles. The number of benzene rings is 3. The van der Waals surface area contributed by atoms with Gasteiger partial charge in [-0.15, -0.1) is 11.3 Å². The van der Waals surface area contributed by atoms with Crippen LogP contribution < -0.4 is 15.4 Å². The third-order valence-corrected chi connectivity index (χ3v) is 8.85. The Morgan fingerprint density at radius 1 is 1.10 bits per heavy atom. The van der Waals surface area contributed by atoms with Gasteiger partial charge in [-0.25, -0.2) is 9.78 Å². The van der Waals surface area contributed by atoms with E-state index in [0.717, 1.165) is 22.7 Å². The molecule has 14 heteroatoms. The van der Waals surface area contributed by atoms with E-state index in [1.54, 1.807) is 55.6 Å². The lowest BCUT2D eigenvalue weighted by atomic mass is 9.99. The summed E-state index contributed by atoms with van der Waals surface area (Å²) >= 11 is 1.48. The summed E-state index contributed by atoms with van der Waals surface area (Å²) in [7, 11) is 1.51. The second kappa shape index (κ2) is 14.4. The van der Waals surface area contributed by atoms with Gasteiger partial charge in [0.05, 0.1) is 36.0 Å². The lowest BCUT2D eigenvalue weighted by Gasteiger charge is -2.38. The zero-order valence-electron chi connectivity index (χ0n) is 26.3. The van der Waals surface area contributed by atoms with E-state index in [9.17, 15) is 32.7 Å². The number of anilines is 2. The number of aromatic nitrogens is 1. The number of para-hydroxylation sites is 1. The number of nitrogens with one attached hydrogen (secondary N) is 2. The molecule has 1 aromatic heterocycles. The number of carbonyl (C=O) groups excluding carboxylic acids is 3. The minimum Gasteiger partial charge on any atom is -0.485 e. The van der Waals surface area contributed by atoms with Crippen molar-refractivity contribution in [3.8, 4) is 16.3 Å².